The van der Waals surface area contributed by atoms with Crippen molar-refractivity contribution in [3.63, 3.8) is 0 Å². The van der Waals surface area contributed by atoms with Crippen LogP contribution in [0.5, 0.6) is 5.75 Å². The Labute approximate surface area is 211 Å². The van der Waals surface area contributed by atoms with Gasteiger partial charge in [-0.3, -0.25) is 14.5 Å². The van der Waals surface area contributed by atoms with E-state index in [4.69, 9.17) is 14.7 Å². The van der Waals surface area contributed by atoms with Crippen LogP contribution >= 0.6 is 0 Å². The lowest BCUT2D eigenvalue weighted by atomic mass is 9.88. The summed E-state index contributed by atoms with van der Waals surface area (Å²) in [6.07, 6.45) is 1.46. The third kappa shape index (κ3) is 4.25. The molecule has 0 bridgehead atoms. The molecular weight excluding hydrogens is 476 g/mol. The van der Waals surface area contributed by atoms with Gasteiger partial charge in [0.1, 0.15) is 11.9 Å². The Morgan fingerprint density at radius 3 is 2.89 bits per heavy atom. The van der Waals surface area contributed by atoms with Gasteiger partial charge in [-0.2, -0.15) is 5.26 Å². The highest BCUT2D eigenvalue weighted by Crippen LogP contribution is 2.37. The van der Waals surface area contributed by atoms with E-state index >= 15 is 0 Å². The van der Waals surface area contributed by atoms with E-state index in [-0.39, 0.29) is 36.3 Å². The second kappa shape index (κ2) is 9.22. The Morgan fingerprint density at radius 2 is 2.03 bits per heavy atom. The number of amides is 2. The first kappa shape index (κ1) is 23.0. The summed E-state index contributed by atoms with van der Waals surface area (Å²) in [4.78, 5) is 42.9. The number of anilines is 2. The number of aromatic nitrogens is 2. The number of nitrogens with zero attached hydrogens (tertiary/aromatic N) is 4. The van der Waals surface area contributed by atoms with Crippen molar-refractivity contribution >= 4 is 34.5 Å². The molecule has 11 heteroatoms. The first-order chi connectivity index (χ1) is 18.0. The molecule has 2 aromatic heterocycles. The molecule has 188 valence electrons. The number of carbonyl (C=O) groups excluding carboxylic acids is 2. The fourth-order valence-electron chi connectivity index (χ4n) is 5.38. The molecule has 3 aromatic rings. The zero-order chi connectivity index (χ0) is 25.5. The molecule has 37 heavy (non-hydrogen) atoms. The Hall–Kier alpha value is -4.43. The molecule has 3 atom stereocenters. The topological polar surface area (TPSA) is 139 Å². The molecule has 3 aliphatic rings. The molecule has 2 N–H and O–H groups in total. The van der Waals surface area contributed by atoms with E-state index in [2.05, 4.69) is 21.7 Å². The zero-order valence-corrected chi connectivity index (χ0v) is 19.8. The van der Waals surface area contributed by atoms with Crippen molar-refractivity contribution in [2.45, 2.75) is 44.0 Å². The molecule has 2 amide bonds. The van der Waals surface area contributed by atoms with Crippen LogP contribution < -0.4 is 25.8 Å². The smallest absolute Gasteiger partial charge is 0.416 e. The molecule has 1 aromatic carbocycles. The standard InChI is InChI=1S/C26H24N6O5/c27-13-15-1-4-18-16(11-15)2-8-24(34)31(18)10-9-28-17-3-5-19-21(12-17)37-26(35)32(19)22-7-6-20-25(29-22)30-23(33)14-36-20/h1-2,4,6-8,11,17,19,21,28H,3,5,9-10,12,14H2,(H,29,30,33)/t17-,19-,21-/m0/s1. The lowest BCUT2D eigenvalue weighted by Crippen LogP contribution is -2.46. The van der Waals surface area contributed by atoms with E-state index in [9.17, 15) is 14.4 Å². The highest BCUT2D eigenvalue weighted by atomic mass is 16.6. The summed E-state index contributed by atoms with van der Waals surface area (Å²) < 4.78 is 12.8. The van der Waals surface area contributed by atoms with Crippen molar-refractivity contribution in [2.24, 2.45) is 0 Å². The average molecular weight is 501 g/mol. The Morgan fingerprint density at radius 1 is 1.14 bits per heavy atom. The molecule has 1 aliphatic carbocycles. The zero-order valence-electron chi connectivity index (χ0n) is 19.8. The summed E-state index contributed by atoms with van der Waals surface area (Å²) in [5.74, 6) is 0.899. The van der Waals surface area contributed by atoms with E-state index in [1.165, 1.54) is 6.07 Å². The number of fused-ring (bicyclic) bond motifs is 3. The monoisotopic (exact) mass is 500 g/mol. The van der Waals surface area contributed by atoms with Crippen molar-refractivity contribution in [3.05, 3.63) is 58.4 Å². The van der Waals surface area contributed by atoms with E-state index < -0.39 is 6.09 Å². The van der Waals surface area contributed by atoms with Crippen LogP contribution in [0.15, 0.2) is 47.3 Å². The highest BCUT2D eigenvalue weighted by Gasteiger charge is 2.46. The van der Waals surface area contributed by atoms with Gasteiger partial charge in [-0.15, -0.1) is 0 Å². The van der Waals surface area contributed by atoms with Crippen LogP contribution in [0, 0.1) is 11.3 Å². The molecule has 4 heterocycles. The second-order valence-corrected chi connectivity index (χ2v) is 9.39. The highest BCUT2D eigenvalue weighted by molar-refractivity contribution is 5.95. The summed E-state index contributed by atoms with van der Waals surface area (Å²) in [6, 6.07) is 14.1. The van der Waals surface area contributed by atoms with Gasteiger partial charge in [-0.25, -0.2) is 9.78 Å². The van der Waals surface area contributed by atoms with Crippen LogP contribution in [0.2, 0.25) is 0 Å². The SMILES string of the molecule is N#Cc1ccc2c(ccc(=O)n2CCN[C@H]2CC[C@H]3[C@H](C2)OC(=O)N3c2ccc3c(n2)NC(=O)CO3)c1. The molecule has 11 nitrogen and oxygen atoms in total. The average Bonchev–Trinajstić information content (AvgIpc) is 3.24. The molecule has 0 radical (unpaired) electrons. The lowest BCUT2D eigenvalue weighted by molar-refractivity contribution is -0.118. The number of nitrogens with one attached hydrogen (secondary N) is 2. The third-order valence-corrected chi connectivity index (χ3v) is 7.13. The molecule has 1 saturated heterocycles. The summed E-state index contributed by atoms with van der Waals surface area (Å²) in [5, 5.41) is 16.2. The van der Waals surface area contributed by atoms with Crippen molar-refractivity contribution in [1.29, 1.82) is 5.26 Å². The van der Waals surface area contributed by atoms with Gasteiger partial charge in [0.15, 0.2) is 18.2 Å². The Balaban J connectivity index is 1.10. The lowest BCUT2D eigenvalue weighted by Gasteiger charge is -2.33. The van der Waals surface area contributed by atoms with Gasteiger partial charge in [0.05, 0.1) is 23.2 Å². The van der Waals surface area contributed by atoms with Gasteiger partial charge in [-0.1, -0.05) is 0 Å². The van der Waals surface area contributed by atoms with E-state index in [1.54, 1.807) is 45.9 Å². The van der Waals surface area contributed by atoms with Gasteiger partial charge < -0.3 is 24.7 Å². The van der Waals surface area contributed by atoms with Crippen LogP contribution in [0.25, 0.3) is 10.9 Å². The quantitative estimate of drug-likeness (QED) is 0.543. The maximum Gasteiger partial charge on any atom is 0.416 e. The van der Waals surface area contributed by atoms with Crippen LogP contribution in [0.3, 0.4) is 0 Å². The van der Waals surface area contributed by atoms with Crippen molar-refractivity contribution < 1.29 is 19.1 Å². The van der Waals surface area contributed by atoms with Gasteiger partial charge in [0, 0.05) is 31.6 Å². The van der Waals surface area contributed by atoms with Gasteiger partial charge in [-0.05, 0) is 54.6 Å². The van der Waals surface area contributed by atoms with E-state index in [0.29, 0.717) is 42.5 Å². The summed E-state index contributed by atoms with van der Waals surface area (Å²) >= 11 is 0. The summed E-state index contributed by atoms with van der Waals surface area (Å²) in [5.41, 5.74) is 1.25. The second-order valence-electron chi connectivity index (χ2n) is 9.39. The van der Waals surface area contributed by atoms with Gasteiger partial charge in [0.25, 0.3) is 11.5 Å². The molecular formula is C26H24N6O5. The molecule has 2 fully saturated rings. The number of ether oxygens (including phenoxy) is 2. The van der Waals surface area contributed by atoms with Crippen LogP contribution in [-0.2, 0) is 16.1 Å². The number of nitriles is 1. The summed E-state index contributed by atoms with van der Waals surface area (Å²) in [7, 11) is 0. The predicted octanol–water partition coefficient (Wildman–Crippen LogP) is 2.14. The Kier molecular flexibility index (Phi) is 5.73. The molecule has 6 rings (SSSR count). The van der Waals surface area contributed by atoms with Crippen molar-refractivity contribution in [3.8, 4) is 11.8 Å². The van der Waals surface area contributed by atoms with Crippen molar-refractivity contribution in [2.75, 3.05) is 23.4 Å². The number of pyridine rings is 2. The van der Waals surface area contributed by atoms with Crippen LogP contribution in [0.1, 0.15) is 24.8 Å². The van der Waals surface area contributed by atoms with E-state index in [1.807, 2.05) is 0 Å². The van der Waals surface area contributed by atoms with Crippen molar-refractivity contribution in [1.82, 2.24) is 14.9 Å². The first-order valence-electron chi connectivity index (χ1n) is 12.2. The number of benzene rings is 1. The fourth-order valence-corrected chi connectivity index (χ4v) is 5.38. The largest absolute Gasteiger partial charge is 0.480 e. The minimum absolute atomic E-state index is 0.0594. The molecule has 0 unspecified atom stereocenters. The Bertz CT molecular complexity index is 1510. The molecule has 1 saturated carbocycles. The normalized spacial score (nSPS) is 22.5. The fraction of sp³-hybridized carbons (Fsp3) is 0.346. The number of carbonyl (C=O) groups is 2. The van der Waals surface area contributed by atoms with Crippen LogP contribution in [0.4, 0.5) is 16.4 Å². The van der Waals surface area contributed by atoms with Gasteiger partial charge >= 0.3 is 6.09 Å². The number of rotatable bonds is 5. The minimum atomic E-state index is -0.454. The number of hydrogen-bond acceptors (Lipinski definition) is 8. The van der Waals surface area contributed by atoms with Crippen LogP contribution in [-0.4, -0.2) is 52.9 Å². The molecule has 2 aliphatic heterocycles. The third-order valence-electron chi connectivity index (χ3n) is 7.13. The number of hydrogen-bond donors (Lipinski definition) is 2. The maximum absolute atomic E-state index is 12.8. The minimum Gasteiger partial charge on any atom is -0.480 e. The maximum atomic E-state index is 12.8. The predicted molar refractivity (Wildman–Crippen MR) is 133 cm³/mol. The summed E-state index contributed by atoms with van der Waals surface area (Å²) in [6.45, 7) is 0.992. The molecule has 0 spiro atoms. The van der Waals surface area contributed by atoms with Gasteiger partial charge in [0.2, 0.25) is 0 Å². The first-order valence-corrected chi connectivity index (χ1v) is 12.2. The van der Waals surface area contributed by atoms with E-state index in [0.717, 1.165) is 23.7 Å².